The van der Waals surface area contributed by atoms with E-state index >= 15 is 0 Å². The van der Waals surface area contributed by atoms with Gasteiger partial charge in [-0.05, 0) is 49.5 Å². The summed E-state index contributed by atoms with van der Waals surface area (Å²) in [5, 5.41) is 11.6. The van der Waals surface area contributed by atoms with Crippen LogP contribution in [-0.2, 0) is 21.0 Å². The minimum atomic E-state index is -0.428. The third-order valence-electron chi connectivity index (χ3n) is 5.95. The maximum atomic E-state index is 12.9. The molecule has 4 rings (SSSR count). The van der Waals surface area contributed by atoms with Crippen LogP contribution in [0.4, 0.5) is 0 Å². The molecule has 3 heterocycles. The number of hydrogen-bond donors (Lipinski definition) is 2. The molecule has 0 saturated carbocycles. The summed E-state index contributed by atoms with van der Waals surface area (Å²) in [4.78, 5) is 33.1. The Hall–Kier alpha value is -3.13. The van der Waals surface area contributed by atoms with Gasteiger partial charge in [0.1, 0.15) is 11.8 Å². The van der Waals surface area contributed by atoms with E-state index in [1.807, 2.05) is 50.4 Å². The number of carbonyl (C=O) groups is 2. The summed E-state index contributed by atoms with van der Waals surface area (Å²) in [6.45, 7) is 3.04. The van der Waals surface area contributed by atoms with Gasteiger partial charge in [0.25, 0.3) is 0 Å². The number of rotatable bonds is 6. The van der Waals surface area contributed by atoms with Gasteiger partial charge in [-0.1, -0.05) is 24.3 Å². The Kier molecular flexibility index (Phi) is 6.36. The molecule has 0 aliphatic carbocycles. The Labute approximate surface area is 182 Å². The fourth-order valence-corrected chi connectivity index (χ4v) is 4.04. The predicted molar refractivity (Wildman–Crippen MR) is 116 cm³/mol. The van der Waals surface area contributed by atoms with E-state index in [1.54, 1.807) is 16.2 Å². The van der Waals surface area contributed by atoms with Gasteiger partial charge >= 0.3 is 0 Å². The highest BCUT2D eigenvalue weighted by Gasteiger charge is 2.33. The van der Waals surface area contributed by atoms with Crippen LogP contribution in [0.2, 0.25) is 0 Å². The van der Waals surface area contributed by atoms with Crippen molar-refractivity contribution in [3.8, 4) is 11.3 Å². The summed E-state index contributed by atoms with van der Waals surface area (Å²) in [5.41, 5.74) is 3.00. The minimum absolute atomic E-state index is 0.0579. The molecule has 8 nitrogen and oxygen atoms in total. The Bertz CT molecular complexity index is 939. The third kappa shape index (κ3) is 4.96. The topological polar surface area (TPSA) is 90.6 Å². The fraction of sp³-hybridized carbons (Fsp3) is 0.435. The first-order chi connectivity index (χ1) is 15.0. The second-order valence-electron chi connectivity index (χ2n) is 8.17. The van der Waals surface area contributed by atoms with Crippen LogP contribution in [0.3, 0.4) is 0 Å². The van der Waals surface area contributed by atoms with E-state index in [1.165, 1.54) is 0 Å². The van der Waals surface area contributed by atoms with Gasteiger partial charge < -0.3 is 15.1 Å². The number of nitrogens with one attached hydrogen (secondary N) is 2. The molecular formula is C23H29N5O3. The maximum absolute atomic E-state index is 12.9. The second-order valence-corrected chi connectivity index (χ2v) is 8.17. The van der Waals surface area contributed by atoms with Crippen molar-refractivity contribution < 1.29 is 14.4 Å². The number of likely N-dealkylation sites (N-methyl/N-ethyl adjacent to an activating group) is 1. The van der Waals surface area contributed by atoms with E-state index < -0.39 is 6.04 Å². The lowest BCUT2D eigenvalue weighted by Gasteiger charge is -2.34. The molecule has 0 radical (unpaired) electrons. The molecule has 1 fully saturated rings. The number of likely N-dealkylation sites (tertiary alicyclic amines) is 1. The molecule has 2 atom stereocenters. The number of aromatic amines is 1. The standard InChI is InChI=1S/C23H29N5O3/c1-16-13-19(31-27(16)2)14-22(29)28-12-4-3-5-21(28)23(30)24-15-17-6-8-18(9-7-17)20-10-11-25-26-20/h6-11,13,16,21H,3-5,12,14-15H2,1-2H3,(H,24,30)(H,25,26). The summed E-state index contributed by atoms with van der Waals surface area (Å²) in [5.74, 6) is 0.497. The van der Waals surface area contributed by atoms with Gasteiger partial charge in [-0.3, -0.25) is 14.7 Å². The molecule has 1 saturated heterocycles. The Morgan fingerprint density at radius 2 is 2.03 bits per heavy atom. The average molecular weight is 424 g/mol. The normalized spacial score (nSPS) is 21.5. The van der Waals surface area contributed by atoms with Crippen molar-refractivity contribution in [1.29, 1.82) is 0 Å². The zero-order chi connectivity index (χ0) is 21.8. The van der Waals surface area contributed by atoms with E-state index in [9.17, 15) is 9.59 Å². The number of amides is 2. The number of nitrogens with zero attached hydrogens (tertiary/aromatic N) is 3. The van der Waals surface area contributed by atoms with Crippen LogP contribution >= 0.6 is 0 Å². The highest BCUT2D eigenvalue weighted by molar-refractivity contribution is 5.88. The van der Waals surface area contributed by atoms with Crippen LogP contribution in [0, 0.1) is 0 Å². The summed E-state index contributed by atoms with van der Waals surface area (Å²) in [6, 6.07) is 9.60. The van der Waals surface area contributed by atoms with Crippen LogP contribution in [0.5, 0.6) is 0 Å². The van der Waals surface area contributed by atoms with Crippen LogP contribution in [0.15, 0.2) is 48.4 Å². The first kappa shape index (κ1) is 21.1. The fourth-order valence-electron chi connectivity index (χ4n) is 4.04. The number of piperidine rings is 1. The molecule has 1 aromatic heterocycles. The highest BCUT2D eigenvalue weighted by atomic mass is 16.7. The smallest absolute Gasteiger partial charge is 0.243 e. The molecule has 2 aliphatic heterocycles. The lowest BCUT2D eigenvalue weighted by atomic mass is 10.0. The molecule has 31 heavy (non-hydrogen) atoms. The van der Waals surface area contributed by atoms with Gasteiger partial charge in [-0.15, -0.1) is 5.06 Å². The molecule has 2 amide bonds. The van der Waals surface area contributed by atoms with Crippen molar-refractivity contribution >= 4 is 11.8 Å². The quantitative estimate of drug-likeness (QED) is 0.745. The van der Waals surface area contributed by atoms with Gasteiger partial charge in [0, 0.05) is 26.3 Å². The van der Waals surface area contributed by atoms with E-state index in [4.69, 9.17) is 4.84 Å². The Morgan fingerprint density at radius 3 is 2.71 bits per heavy atom. The number of H-pyrrole nitrogens is 1. The van der Waals surface area contributed by atoms with Crippen LogP contribution in [-0.4, -0.2) is 57.7 Å². The molecule has 0 bridgehead atoms. The van der Waals surface area contributed by atoms with Crippen LogP contribution in [0.1, 0.15) is 38.2 Å². The lowest BCUT2D eigenvalue weighted by molar-refractivity contribution is -0.144. The van der Waals surface area contributed by atoms with Crippen molar-refractivity contribution in [3.63, 3.8) is 0 Å². The molecular weight excluding hydrogens is 394 g/mol. The second kappa shape index (κ2) is 9.34. The number of benzene rings is 1. The Morgan fingerprint density at radius 1 is 1.23 bits per heavy atom. The summed E-state index contributed by atoms with van der Waals surface area (Å²) in [7, 11) is 1.84. The number of carbonyl (C=O) groups excluding carboxylic acids is 2. The van der Waals surface area contributed by atoms with Crippen LogP contribution in [0.25, 0.3) is 11.3 Å². The van der Waals surface area contributed by atoms with Crippen LogP contribution < -0.4 is 5.32 Å². The summed E-state index contributed by atoms with van der Waals surface area (Å²) < 4.78 is 0. The van der Waals surface area contributed by atoms with Crippen molar-refractivity contribution in [3.05, 3.63) is 53.9 Å². The van der Waals surface area contributed by atoms with Gasteiger partial charge in [0.05, 0.1) is 18.2 Å². The molecule has 0 spiro atoms. The molecule has 1 aromatic carbocycles. The molecule has 2 N–H and O–H groups in total. The third-order valence-corrected chi connectivity index (χ3v) is 5.95. The molecule has 2 unspecified atom stereocenters. The Balaban J connectivity index is 1.34. The van der Waals surface area contributed by atoms with Gasteiger partial charge in [0.15, 0.2) is 0 Å². The molecule has 164 valence electrons. The summed E-state index contributed by atoms with van der Waals surface area (Å²) >= 11 is 0. The van der Waals surface area contributed by atoms with Crippen molar-refractivity contribution in [2.75, 3.05) is 13.6 Å². The number of hydroxylamine groups is 2. The number of hydrogen-bond acceptors (Lipinski definition) is 5. The predicted octanol–water partition coefficient (Wildman–Crippen LogP) is 2.61. The van der Waals surface area contributed by atoms with Gasteiger partial charge in [0.2, 0.25) is 11.8 Å². The van der Waals surface area contributed by atoms with Crippen molar-refractivity contribution in [2.45, 2.75) is 51.2 Å². The zero-order valence-electron chi connectivity index (χ0n) is 18.0. The molecule has 8 heteroatoms. The number of aromatic nitrogens is 2. The zero-order valence-corrected chi connectivity index (χ0v) is 18.0. The molecule has 2 aliphatic rings. The lowest BCUT2D eigenvalue weighted by Crippen LogP contribution is -2.51. The first-order valence-electron chi connectivity index (χ1n) is 10.8. The first-order valence-corrected chi connectivity index (χ1v) is 10.8. The largest absolute Gasteiger partial charge is 0.410 e. The van der Waals surface area contributed by atoms with Gasteiger partial charge in [-0.25, -0.2) is 0 Å². The minimum Gasteiger partial charge on any atom is -0.410 e. The van der Waals surface area contributed by atoms with E-state index in [-0.39, 0.29) is 24.3 Å². The average Bonchev–Trinajstić information content (AvgIpc) is 3.42. The molecule has 2 aromatic rings. The SMILES string of the molecule is CC1C=C(CC(=O)N2CCCCC2C(=O)NCc2ccc(-c3ccn[nH]3)cc2)ON1C. The highest BCUT2D eigenvalue weighted by Crippen LogP contribution is 2.23. The van der Waals surface area contributed by atoms with E-state index in [2.05, 4.69) is 15.5 Å². The van der Waals surface area contributed by atoms with E-state index in [0.29, 0.717) is 25.3 Å². The van der Waals surface area contributed by atoms with E-state index in [0.717, 1.165) is 29.7 Å². The van der Waals surface area contributed by atoms with Gasteiger partial charge in [-0.2, -0.15) is 5.10 Å². The van der Waals surface area contributed by atoms with Crippen molar-refractivity contribution in [1.82, 2.24) is 25.5 Å². The van der Waals surface area contributed by atoms with Crippen molar-refractivity contribution in [2.24, 2.45) is 0 Å². The monoisotopic (exact) mass is 423 g/mol. The maximum Gasteiger partial charge on any atom is 0.243 e. The summed E-state index contributed by atoms with van der Waals surface area (Å²) in [6.07, 6.45) is 6.40.